The van der Waals surface area contributed by atoms with E-state index < -0.39 is 34.3 Å². The Morgan fingerprint density at radius 3 is 2.24 bits per heavy atom. The van der Waals surface area contributed by atoms with Crippen LogP contribution in [0.3, 0.4) is 0 Å². The van der Waals surface area contributed by atoms with Gasteiger partial charge >= 0.3 is 0 Å². The van der Waals surface area contributed by atoms with Crippen molar-refractivity contribution in [3.8, 4) is 0 Å². The molecule has 1 unspecified atom stereocenters. The van der Waals surface area contributed by atoms with E-state index in [-0.39, 0.29) is 34.1 Å². The summed E-state index contributed by atoms with van der Waals surface area (Å²) < 4.78 is 42.6. The highest BCUT2D eigenvalue weighted by Crippen LogP contribution is 2.31. The van der Waals surface area contributed by atoms with E-state index in [1.165, 1.54) is 29.2 Å². The first-order chi connectivity index (χ1) is 20.1. The Labute approximate surface area is 252 Å². The molecule has 1 aliphatic rings. The lowest BCUT2D eigenvalue weighted by molar-refractivity contribution is -0.140. The van der Waals surface area contributed by atoms with Crippen LogP contribution in [0.15, 0.2) is 77.7 Å². The van der Waals surface area contributed by atoms with Crippen LogP contribution in [0, 0.1) is 12.7 Å². The van der Waals surface area contributed by atoms with Crippen molar-refractivity contribution in [2.75, 3.05) is 10.8 Å². The van der Waals surface area contributed by atoms with Crippen molar-refractivity contribution in [1.29, 1.82) is 0 Å². The smallest absolute Gasteiger partial charge is 0.264 e. The maximum Gasteiger partial charge on any atom is 0.264 e. The minimum absolute atomic E-state index is 0.00333. The molecular formula is C32H37ClFN3O4S. The number of aryl methyl sites for hydroxylation is 1. The molecule has 1 aliphatic carbocycles. The summed E-state index contributed by atoms with van der Waals surface area (Å²) in [4.78, 5) is 29.1. The van der Waals surface area contributed by atoms with Gasteiger partial charge in [0.25, 0.3) is 10.0 Å². The minimum atomic E-state index is -4.22. The Balaban J connectivity index is 1.71. The number of sulfonamides is 1. The highest BCUT2D eigenvalue weighted by atomic mass is 35.5. The summed E-state index contributed by atoms with van der Waals surface area (Å²) in [7, 11) is -4.22. The van der Waals surface area contributed by atoms with Gasteiger partial charge in [-0.3, -0.25) is 13.9 Å². The molecule has 0 aromatic heterocycles. The van der Waals surface area contributed by atoms with Gasteiger partial charge < -0.3 is 10.2 Å². The lowest BCUT2D eigenvalue weighted by atomic mass is 9.95. The minimum Gasteiger partial charge on any atom is -0.352 e. The molecule has 1 N–H and O–H groups in total. The first-order valence-corrected chi connectivity index (χ1v) is 16.1. The second kappa shape index (κ2) is 14.2. The van der Waals surface area contributed by atoms with E-state index in [0.29, 0.717) is 12.0 Å². The number of benzene rings is 3. The van der Waals surface area contributed by atoms with Gasteiger partial charge in [0.2, 0.25) is 11.8 Å². The molecule has 3 aromatic rings. The highest BCUT2D eigenvalue weighted by Gasteiger charge is 2.35. The van der Waals surface area contributed by atoms with Crippen molar-refractivity contribution in [2.45, 2.75) is 75.9 Å². The summed E-state index contributed by atoms with van der Waals surface area (Å²) >= 11 is 6.46. The Bertz CT molecular complexity index is 1480. The number of hydrogen-bond donors (Lipinski definition) is 1. The largest absolute Gasteiger partial charge is 0.352 e. The van der Waals surface area contributed by atoms with Gasteiger partial charge in [-0.1, -0.05) is 79.7 Å². The summed E-state index contributed by atoms with van der Waals surface area (Å²) in [5.74, 6) is -1.29. The number of para-hydroxylation sites is 1. The molecule has 0 heterocycles. The topological polar surface area (TPSA) is 86.8 Å². The SMILES string of the molecule is CCC(C(=O)NC1CCCCC1)N(Cc1ccc(F)cc1)C(=O)CN(c1ccccc1Cl)S(=O)(=O)c1ccc(C)cc1. The number of anilines is 1. The molecule has 2 amide bonds. The van der Waals surface area contributed by atoms with Crippen molar-refractivity contribution in [3.05, 3.63) is 94.8 Å². The fraction of sp³-hybridized carbons (Fsp3) is 0.375. The van der Waals surface area contributed by atoms with E-state index in [2.05, 4.69) is 5.32 Å². The van der Waals surface area contributed by atoms with Gasteiger partial charge in [0.05, 0.1) is 15.6 Å². The molecule has 3 aromatic carbocycles. The number of halogens is 2. The molecule has 1 saturated carbocycles. The van der Waals surface area contributed by atoms with Crippen molar-refractivity contribution in [2.24, 2.45) is 0 Å². The second-order valence-electron chi connectivity index (χ2n) is 10.7. The zero-order valence-corrected chi connectivity index (χ0v) is 25.5. The van der Waals surface area contributed by atoms with E-state index in [0.717, 1.165) is 42.0 Å². The summed E-state index contributed by atoms with van der Waals surface area (Å²) in [5, 5.41) is 3.27. The number of carbonyl (C=O) groups excluding carboxylic acids is 2. The van der Waals surface area contributed by atoms with Crippen LogP contribution in [0.4, 0.5) is 10.1 Å². The predicted octanol–water partition coefficient (Wildman–Crippen LogP) is 6.24. The van der Waals surface area contributed by atoms with E-state index in [9.17, 15) is 22.4 Å². The van der Waals surface area contributed by atoms with Crippen LogP contribution >= 0.6 is 11.6 Å². The van der Waals surface area contributed by atoms with Crippen LogP contribution in [0.1, 0.15) is 56.6 Å². The Morgan fingerprint density at radius 1 is 0.976 bits per heavy atom. The monoisotopic (exact) mass is 613 g/mol. The molecule has 0 saturated heterocycles. The van der Waals surface area contributed by atoms with Gasteiger partial charge in [-0.05, 0) is 68.1 Å². The van der Waals surface area contributed by atoms with Crippen LogP contribution in [-0.2, 0) is 26.2 Å². The van der Waals surface area contributed by atoms with Crippen LogP contribution in [0.2, 0.25) is 5.02 Å². The number of amides is 2. The summed E-state index contributed by atoms with van der Waals surface area (Å²) in [5.41, 5.74) is 1.64. The van der Waals surface area contributed by atoms with Gasteiger partial charge in [-0.25, -0.2) is 12.8 Å². The summed E-state index contributed by atoms with van der Waals surface area (Å²) in [6, 6.07) is 17.6. The molecule has 0 aliphatic heterocycles. The zero-order valence-electron chi connectivity index (χ0n) is 23.9. The molecule has 7 nitrogen and oxygen atoms in total. The van der Waals surface area contributed by atoms with Crippen molar-refractivity contribution < 1.29 is 22.4 Å². The first kappa shape index (κ1) is 31.5. The standard InChI is InChI=1S/C32H37ClFN3O4S/c1-3-29(32(39)35-26-9-5-4-6-10-26)36(21-24-15-17-25(34)18-16-24)31(38)22-37(30-12-8-7-11-28(30)33)42(40,41)27-19-13-23(2)14-20-27/h7-8,11-20,26,29H,3-6,9-10,21-22H2,1-2H3,(H,35,39). The quantitative estimate of drug-likeness (QED) is 0.277. The third-order valence-corrected chi connectivity index (χ3v) is 9.71. The van der Waals surface area contributed by atoms with Crippen LogP contribution in [0.25, 0.3) is 0 Å². The maximum atomic E-state index is 14.2. The number of carbonyl (C=O) groups is 2. The van der Waals surface area contributed by atoms with Gasteiger partial charge in [0, 0.05) is 12.6 Å². The van der Waals surface area contributed by atoms with Crippen LogP contribution < -0.4 is 9.62 Å². The van der Waals surface area contributed by atoms with Gasteiger partial charge in [0.1, 0.15) is 18.4 Å². The number of hydrogen-bond acceptors (Lipinski definition) is 4. The number of rotatable bonds is 11. The van der Waals surface area contributed by atoms with Crippen LogP contribution in [0.5, 0.6) is 0 Å². The average Bonchev–Trinajstić information content (AvgIpc) is 2.98. The van der Waals surface area contributed by atoms with Gasteiger partial charge in [0.15, 0.2) is 0 Å². The van der Waals surface area contributed by atoms with Gasteiger partial charge in [-0.2, -0.15) is 0 Å². The Hall–Kier alpha value is -3.43. The third kappa shape index (κ3) is 7.69. The van der Waals surface area contributed by atoms with E-state index in [4.69, 9.17) is 11.6 Å². The molecule has 0 radical (unpaired) electrons. The molecule has 42 heavy (non-hydrogen) atoms. The number of nitrogens with one attached hydrogen (secondary N) is 1. The predicted molar refractivity (Wildman–Crippen MR) is 163 cm³/mol. The fourth-order valence-corrected chi connectivity index (χ4v) is 6.98. The van der Waals surface area contributed by atoms with Crippen LogP contribution in [-0.4, -0.2) is 43.8 Å². The molecule has 0 bridgehead atoms. The van der Waals surface area contributed by atoms with E-state index >= 15 is 0 Å². The average molecular weight is 614 g/mol. The van der Waals surface area contributed by atoms with E-state index in [1.54, 1.807) is 48.5 Å². The Kier molecular flexibility index (Phi) is 10.6. The molecule has 4 rings (SSSR count). The zero-order chi connectivity index (χ0) is 30.3. The Morgan fingerprint density at radius 2 is 1.62 bits per heavy atom. The highest BCUT2D eigenvalue weighted by molar-refractivity contribution is 7.92. The van der Waals surface area contributed by atoms with Crippen molar-refractivity contribution in [3.63, 3.8) is 0 Å². The van der Waals surface area contributed by atoms with Crippen molar-refractivity contribution in [1.82, 2.24) is 10.2 Å². The van der Waals surface area contributed by atoms with Crippen molar-refractivity contribution >= 4 is 39.1 Å². The first-order valence-electron chi connectivity index (χ1n) is 14.3. The molecule has 224 valence electrons. The van der Waals surface area contributed by atoms with E-state index in [1.807, 2.05) is 13.8 Å². The maximum absolute atomic E-state index is 14.2. The number of nitrogens with zero attached hydrogens (tertiary/aromatic N) is 2. The molecule has 1 fully saturated rings. The second-order valence-corrected chi connectivity index (χ2v) is 13.0. The van der Waals surface area contributed by atoms with Gasteiger partial charge in [-0.15, -0.1) is 0 Å². The molecule has 0 spiro atoms. The molecule has 1 atom stereocenters. The summed E-state index contributed by atoms with van der Waals surface area (Å²) in [6.07, 6.45) is 5.26. The molecular weight excluding hydrogens is 577 g/mol. The fourth-order valence-electron chi connectivity index (χ4n) is 5.26. The lowest BCUT2D eigenvalue weighted by Crippen LogP contribution is -2.54. The normalized spacial score (nSPS) is 14.7. The summed E-state index contributed by atoms with van der Waals surface area (Å²) in [6.45, 7) is 3.07. The lowest BCUT2D eigenvalue weighted by Gasteiger charge is -2.34. The molecule has 10 heteroatoms. The third-order valence-electron chi connectivity index (χ3n) is 7.61.